The summed E-state index contributed by atoms with van der Waals surface area (Å²) in [6, 6.07) is 0. The molecule has 0 aromatic carbocycles. The normalized spacial score (nSPS) is 8.75. The molecule has 0 rings (SSSR count). The van der Waals surface area contributed by atoms with Gasteiger partial charge in [0, 0.05) is 13.1 Å². The first-order valence-corrected chi connectivity index (χ1v) is 5.06. The molecule has 6 nitrogen and oxygen atoms in total. The summed E-state index contributed by atoms with van der Waals surface area (Å²) < 4.78 is 0. The number of rotatable bonds is 3. The largest absolute Gasteiger partial charge is 0.481 e. The Balaban J connectivity index is -0.000000162. The van der Waals surface area contributed by atoms with Gasteiger partial charge in [-0.2, -0.15) is 0 Å². The van der Waals surface area contributed by atoms with Crippen LogP contribution in [0.5, 0.6) is 0 Å². The van der Waals surface area contributed by atoms with E-state index in [-0.39, 0.29) is 11.8 Å². The highest BCUT2D eigenvalue weighted by atomic mass is 16.4. The molecule has 0 aliphatic heterocycles. The van der Waals surface area contributed by atoms with Gasteiger partial charge in [-0.25, -0.2) is 0 Å². The second kappa shape index (κ2) is 13.9. The van der Waals surface area contributed by atoms with Gasteiger partial charge in [-0.1, -0.05) is 27.7 Å². The van der Waals surface area contributed by atoms with Crippen LogP contribution < -0.4 is 11.5 Å². The maximum Gasteiger partial charge on any atom is 0.305 e. The lowest BCUT2D eigenvalue weighted by Gasteiger charge is -1.89. The van der Waals surface area contributed by atoms with E-state index in [0.29, 0.717) is 13.1 Å². The number of aliphatic carboxylic acids is 2. The number of hydrogen-bond donors (Lipinski definition) is 4. The molecule has 0 aliphatic carbocycles. The average Bonchev–Trinajstić information content (AvgIpc) is 2.18. The molecule has 6 heteroatoms. The van der Waals surface area contributed by atoms with E-state index in [9.17, 15) is 9.59 Å². The van der Waals surface area contributed by atoms with Crippen molar-refractivity contribution < 1.29 is 19.8 Å². The number of carboxylic acid groups (broad SMARTS) is 2. The zero-order valence-corrected chi connectivity index (χ0v) is 10.4. The molecule has 0 spiro atoms. The van der Waals surface area contributed by atoms with Crippen LogP contribution in [0, 0.1) is 11.8 Å². The molecule has 0 aromatic rings. The summed E-state index contributed by atoms with van der Waals surface area (Å²) in [5.74, 6) is -1.94. The van der Waals surface area contributed by atoms with Crippen molar-refractivity contribution in [3.8, 4) is 0 Å². The van der Waals surface area contributed by atoms with Gasteiger partial charge in [0.15, 0.2) is 0 Å². The van der Waals surface area contributed by atoms with E-state index in [0.717, 1.165) is 0 Å². The molecular formula is C10H24N2O4. The van der Waals surface area contributed by atoms with Gasteiger partial charge in [-0.15, -0.1) is 0 Å². The molecule has 0 bridgehead atoms. The molecule has 0 saturated carbocycles. The first-order valence-electron chi connectivity index (χ1n) is 5.06. The second-order valence-corrected chi connectivity index (χ2v) is 3.56. The van der Waals surface area contributed by atoms with Crippen LogP contribution >= 0.6 is 0 Å². The third kappa shape index (κ3) is 29.3. The Morgan fingerprint density at radius 2 is 1.00 bits per heavy atom. The minimum Gasteiger partial charge on any atom is -0.481 e. The average molecular weight is 236 g/mol. The van der Waals surface area contributed by atoms with Crippen molar-refractivity contribution >= 4 is 11.9 Å². The third-order valence-corrected chi connectivity index (χ3v) is 1.15. The van der Waals surface area contributed by atoms with Gasteiger partial charge in [-0.3, -0.25) is 9.59 Å². The van der Waals surface area contributed by atoms with Crippen molar-refractivity contribution in [1.29, 1.82) is 0 Å². The van der Waals surface area contributed by atoms with Crippen LogP contribution in [0.2, 0.25) is 0 Å². The Morgan fingerprint density at radius 3 is 1.00 bits per heavy atom. The summed E-state index contributed by atoms with van der Waals surface area (Å²) >= 11 is 0. The minimum atomic E-state index is -0.741. The van der Waals surface area contributed by atoms with E-state index in [4.69, 9.17) is 21.7 Å². The lowest BCUT2D eigenvalue weighted by Crippen LogP contribution is -2.11. The fourth-order valence-electron chi connectivity index (χ4n) is 0. The van der Waals surface area contributed by atoms with Gasteiger partial charge in [0.2, 0.25) is 0 Å². The molecule has 0 atom stereocenters. The predicted octanol–water partition coefficient (Wildman–Crippen LogP) is 0.358. The van der Waals surface area contributed by atoms with Gasteiger partial charge in [0.1, 0.15) is 0 Å². The number of nitrogens with two attached hydrogens (primary N) is 2. The SMILES string of the molecule is CC(C)C(=O)O.CC(C)C(=O)O.NCCN. The van der Waals surface area contributed by atoms with E-state index < -0.39 is 11.9 Å². The maximum absolute atomic E-state index is 9.70. The van der Waals surface area contributed by atoms with Crippen molar-refractivity contribution in [2.24, 2.45) is 23.3 Å². The molecule has 0 heterocycles. The smallest absolute Gasteiger partial charge is 0.305 e. The fourth-order valence-corrected chi connectivity index (χ4v) is 0. The molecule has 16 heavy (non-hydrogen) atoms. The molecular weight excluding hydrogens is 212 g/mol. The Bertz CT molecular complexity index is 162. The zero-order chi connectivity index (χ0) is 13.7. The van der Waals surface area contributed by atoms with E-state index in [1.807, 2.05) is 0 Å². The highest BCUT2D eigenvalue weighted by Crippen LogP contribution is 1.87. The first-order chi connectivity index (χ1) is 7.20. The number of carboxylic acids is 2. The topological polar surface area (TPSA) is 127 Å². The van der Waals surface area contributed by atoms with Gasteiger partial charge in [-0.05, 0) is 0 Å². The van der Waals surface area contributed by atoms with E-state index in [2.05, 4.69) is 0 Å². The third-order valence-electron chi connectivity index (χ3n) is 1.15. The molecule has 0 aliphatic rings. The van der Waals surface area contributed by atoms with Crippen molar-refractivity contribution in [2.45, 2.75) is 27.7 Å². The Morgan fingerprint density at radius 1 is 0.875 bits per heavy atom. The highest BCUT2D eigenvalue weighted by molar-refractivity contribution is 5.69. The zero-order valence-electron chi connectivity index (χ0n) is 10.4. The molecule has 0 fully saturated rings. The van der Waals surface area contributed by atoms with Crippen LogP contribution in [0.3, 0.4) is 0 Å². The van der Waals surface area contributed by atoms with E-state index in [1.165, 1.54) is 0 Å². The van der Waals surface area contributed by atoms with Crippen molar-refractivity contribution in [3.05, 3.63) is 0 Å². The van der Waals surface area contributed by atoms with Crippen LogP contribution in [-0.4, -0.2) is 35.2 Å². The minimum absolute atomic E-state index is 0.231. The molecule has 6 N–H and O–H groups in total. The lowest BCUT2D eigenvalue weighted by atomic mass is 10.2. The number of hydrogen-bond acceptors (Lipinski definition) is 4. The molecule has 0 amide bonds. The quantitative estimate of drug-likeness (QED) is 0.560. The first kappa shape index (κ1) is 20.3. The predicted molar refractivity (Wildman–Crippen MR) is 63.1 cm³/mol. The van der Waals surface area contributed by atoms with E-state index in [1.54, 1.807) is 27.7 Å². The Kier molecular flexibility index (Phi) is 17.6. The summed E-state index contributed by atoms with van der Waals surface area (Å²) in [6.07, 6.45) is 0. The lowest BCUT2D eigenvalue weighted by molar-refractivity contribution is -0.141. The van der Waals surface area contributed by atoms with Crippen LogP contribution in [0.25, 0.3) is 0 Å². The summed E-state index contributed by atoms with van der Waals surface area (Å²) in [5, 5.41) is 16.0. The van der Waals surface area contributed by atoms with Crippen LogP contribution in [0.15, 0.2) is 0 Å². The fraction of sp³-hybridized carbons (Fsp3) is 0.800. The van der Waals surface area contributed by atoms with Crippen molar-refractivity contribution in [1.82, 2.24) is 0 Å². The van der Waals surface area contributed by atoms with Gasteiger partial charge < -0.3 is 21.7 Å². The number of carbonyl (C=O) groups is 2. The molecule has 0 unspecified atom stereocenters. The maximum atomic E-state index is 9.70. The Labute approximate surface area is 96.6 Å². The van der Waals surface area contributed by atoms with Crippen LogP contribution in [0.4, 0.5) is 0 Å². The molecule has 0 aromatic heterocycles. The van der Waals surface area contributed by atoms with Gasteiger partial charge in [0.05, 0.1) is 11.8 Å². The molecule has 0 radical (unpaired) electrons. The Hall–Kier alpha value is -1.14. The molecule has 98 valence electrons. The summed E-state index contributed by atoms with van der Waals surface area (Å²) in [5.41, 5.74) is 9.81. The summed E-state index contributed by atoms with van der Waals surface area (Å²) in [6.45, 7) is 7.76. The highest BCUT2D eigenvalue weighted by Gasteiger charge is 1.99. The van der Waals surface area contributed by atoms with Gasteiger partial charge in [0.25, 0.3) is 0 Å². The second-order valence-electron chi connectivity index (χ2n) is 3.56. The van der Waals surface area contributed by atoms with Crippen molar-refractivity contribution in [3.63, 3.8) is 0 Å². The van der Waals surface area contributed by atoms with E-state index >= 15 is 0 Å². The van der Waals surface area contributed by atoms with Crippen LogP contribution in [0.1, 0.15) is 27.7 Å². The summed E-state index contributed by atoms with van der Waals surface area (Å²) in [4.78, 5) is 19.4. The van der Waals surface area contributed by atoms with Crippen LogP contribution in [-0.2, 0) is 9.59 Å². The monoisotopic (exact) mass is 236 g/mol. The molecule has 0 saturated heterocycles. The van der Waals surface area contributed by atoms with Crippen molar-refractivity contribution in [2.75, 3.05) is 13.1 Å². The summed E-state index contributed by atoms with van der Waals surface area (Å²) in [7, 11) is 0. The standard InChI is InChI=1S/2C4H8O2.C2H8N2/c2*1-3(2)4(5)6;3-1-2-4/h2*3H,1-2H3,(H,5,6);1-4H2. The van der Waals surface area contributed by atoms with Gasteiger partial charge >= 0.3 is 11.9 Å².